The molecule has 318 valence electrons. The number of aromatic amines is 1. The van der Waals surface area contributed by atoms with Gasteiger partial charge in [0.25, 0.3) is 15.9 Å². The zero-order valence-electron chi connectivity index (χ0n) is 34.2. The van der Waals surface area contributed by atoms with Crippen molar-refractivity contribution in [1.82, 2.24) is 19.6 Å². The number of halogens is 2. The maximum atomic E-state index is 15.1. The van der Waals surface area contributed by atoms with Gasteiger partial charge in [0.1, 0.15) is 40.3 Å². The van der Waals surface area contributed by atoms with Crippen LogP contribution in [0, 0.1) is 16.7 Å². The smallest absolute Gasteiger partial charge is 0.268 e. The lowest BCUT2D eigenvalue weighted by atomic mass is 9.72. The summed E-state index contributed by atoms with van der Waals surface area (Å²) in [5, 5.41) is 11.4. The second-order valence-electron chi connectivity index (χ2n) is 16.8. The van der Waals surface area contributed by atoms with E-state index >= 15 is 4.39 Å². The monoisotopic (exact) mass is 866 g/mol. The molecule has 4 heterocycles. The predicted octanol–water partition coefficient (Wildman–Crippen LogP) is 8.68. The zero-order valence-corrected chi connectivity index (χ0v) is 35.8. The predicted molar refractivity (Wildman–Crippen MR) is 232 cm³/mol. The molecule has 2 saturated heterocycles. The number of fused-ring (bicyclic) bond motifs is 1. The molecule has 1 amide bonds. The first-order valence-electron chi connectivity index (χ1n) is 20.5. The Labute approximate surface area is 360 Å². The number of aromatic nitrogens is 2. The topological polar surface area (TPSA) is 150 Å². The summed E-state index contributed by atoms with van der Waals surface area (Å²) in [5.74, 6) is -0.522. The number of H-pyrrole nitrogens is 1. The number of rotatable bonds is 12. The Bertz CT molecular complexity index is 2610. The number of nitriles is 1. The number of alkyl halides is 1. The number of sulfonamides is 1. The number of ether oxygens (including phenoxy) is 3. The molecule has 0 bridgehead atoms. The third-order valence-electron chi connectivity index (χ3n) is 11.8. The molecule has 0 atom stereocenters. The van der Waals surface area contributed by atoms with Gasteiger partial charge in [0.2, 0.25) is 5.88 Å². The van der Waals surface area contributed by atoms with Crippen LogP contribution < -0.4 is 19.1 Å². The third kappa shape index (κ3) is 9.86. The fourth-order valence-corrected chi connectivity index (χ4v) is 9.25. The summed E-state index contributed by atoms with van der Waals surface area (Å²) < 4.78 is 61.6. The fourth-order valence-electron chi connectivity index (χ4n) is 8.19. The maximum absolute atomic E-state index is 15.1. The van der Waals surface area contributed by atoms with Crippen LogP contribution in [-0.2, 0) is 14.8 Å². The molecule has 0 saturated carbocycles. The van der Waals surface area contributed by atoms with Crippen LogP contribution in [0.3, 0.4) is 0 Å². The minimum Gasteiger partial charge on any atom is -0.473 e. The number of piperazine rings is 1. The molecule has 1 aliphatic carbocycles. The van der Waals surface area contributed by atoms with Gasteiger partial charge >= 0.3 is 0 Å². The lowest BCUT2D eigenvalue weighted by Crippen LogP contribution is -2.47. The number of carbonyl (C=O) groups is 1. The molecule has 2 aliphatic heterocycles. The number of hydrogen-bond donors (Lipinski definition) is 2. The van der Waals surface area contributed by atoms with E-state index in [1.54, 1.807) is 24.3 Å². The van der Waals surface area contributed by atoms with E-state index in [-0.39, 0.29) is 60.8 Å². The molecule has 2 N–H and O–H groups in total. The Hall–Kier alpha value is -5.46. The van der Waals surface area contributed by atoms with Gasteiger partial charge in [-0.2, -0.15) is 5.26 Å². The van der Waals surface area contributed by atoms with Crippen molar-refractivity contribution in [3.05, 3.63) is 112 Å². The normalized spacial score (nSPS) is 18.1. The van der Waals surface area contributed by atoms with Crippen LogP contribution in [0.25, 0.3) is 16.5 Å². The minimum atomic E-state index is -4.54. The Balaban J connectivity index is 0.997. The van der Waals surface area contributed by atoms with Gasteiger partial charge in [-0.15, -0.1) is 0 Å². The first-order valence-corrected chi connectivity index (χ1v) is 22.3. The lowest BCUT2D eigenvalue weighted by Gasteiger charge is -2.39. The number of hydrogen-bond acceptors (Lipinski definition) is 10. The van der Waals surface area contributed by atoms with Gasteiger partial charge in [0.05, 0.1) is 11.8 Å². The lowest BCUT2D eigenvalue weighted by molar-refractivity contribution is -0.0331. The summed E-state index contributed by atoms with van der Waals surface area (Å²) in [6, 6.07) is 23.6. The maximum Gasteiger partial charge on any atom is 0.268 e. The number of allylic oxidation sites excluding steroid dienone is 1. The highest BCUT2D eigenvalue weighted by molar-refractivity contribution is 7.90. The number of benzene rings is 3. The van der Waals surface area contributed by atoms with Crippen molar-refractivity contribution in [3.8, 4) is 23.4 Å². The number of nitrogens with zero attached hydrogens (tertiary/aromatic N) is 4. The standard InChI is InChI=1S/C46H48ClFN6O6S/c1-45(2)13-11-33(40(26-45)31-3-5-35(47)6-4-31)29-53-17-19-54(20-18-53)36-7-9-39(42(25-36)60-37-8-10-41-32(23-37)12-16-50-41)43(55)52-61(56,57)38-24-34(27-49)44(51-28-38)59-30-46(48)14-21-58-22-15-46/h3-10,12,16,23-25,28,50H,11,13-15,17-22,26,29-30H2,1-2H3,(H,52,55). The van der Waals surface area contributed by atoms with Crippen molar-refractivity contribution in [2.75, 3.05) is 57.4 Å². The average molecular weight is 867 g/mol. The molecule has 12 nitrogen and oxygen atoms in total. The molecular formula is C46H48ClFN6O6S. The van der Waals surface area contributed by atoms with E-state index in [2.05, 4.69) is 50.5 Å². The van der Waals surface area contributed by atoms with E-state index in [0.29, 0.717) is 5.75 Å². The summed E-state index contributed by atoms with van der Waals surface area (Å²) in [6.45, 7) is 8.80. The SMILES string of the molecule is CC1(C)CCC(CN2CCN(c3ccc(C(=O)NS(=O)(=O)c4cnc(OCC5(F)CCOCC5)c(C#N)c4)c(Oc4ccc5[nH]ccc5c4)c3)CC2)=C(c2ccc(Cl)cc2)C1. The molecule has 2 fully saturated rings. The Morgan fingerprint density at radius 3 is 2.54 bits per heavy atom. The van der Waals surface area contributed by atoms with E-state index in [0.717, 1.165) is 85.9 Å². The second-order valence-corrected chi connectivity index (χ2v) is 18.9. The van der Waals surface area contributed by atoms with Crippen LogP contribution in [-0.4, -0.2) is 87.4 Å². The Morgan fingerprint density at radius 1 is 1.02 bits per heavy atom. The number of anilines is 1. The summed E-state index contributed by atoms with van der Waals surface area (Å²) in [7, 11) is -4.54. The van der Waals surface area contributed by atoms with Gasteiger partial charge in [0, 0.05) is 92.7 Å². The highest BCUT2D eigenvalue weighted by atomic mass is 35.5. The summed E-state index contributed by atoms with van der Waals surface area (Å²) >= 11 is 6.24. The first-order chi connectivity index (χ1) is 29.3. The molecular weight excluding hydrogens is 819 g/mol. The number of amides is 1. The van der Waals surface area contributed by atoms with Crippen LogP contribution in [0.5, 0.6) is 17.4 Å². The summed E-state index contributed by atoms with van der Waals surface area (Å²) in [6.07, 6.45) is 6.24. The van der Waals surface area contributed by atoms with Gasteiger partial charge < -0.3 is 24.1 Å². The molecule has 3 aliphatic rings. The van der Waals surface area contributed by atoms with E-state index < -0.39 is 26.5 Å². The van der Waals surface area contributed by atoms with Crippen LogP contribution in [0.2, 0.25) is 5.02 Å². The van der Waals surface area contributed by atoms with Gasteiger partial charge in [-0.25, -0.2) is 22.5 Å². The summed E-state index contributed by atoms with van der Waals surface area (Å²) in [4.78, 5) is 25.4. The van der Waals surface area contributed by atoms with Crippen molar-refractivity contribution in [2.45, 2.75) is 56.5 Å². The van der Waals surface area contributed by atoms with E-state index in [1.165, 1.54) is 16.7 Å². The zero-order chi connectivity index (χ0) is 42.8. The third-order valence-corrected chi connectivity index (χ3v) is 13.4. The van der Waals surface area contributed by atoms with Gasteiger partial charge in [-0.05, 0) is 90.4 Å². The van der Waals surface area contributed by atoms with Gasteiger partial charge in [-0.3, -0.25) is 9.69 Å². The summed E-state index contributed by atoms with van der Waals surface area (Å²) in [5.41, 5.74) is 4.18. The molecule has 8 rings (SSSR count). The van der Waals surface area contributed by atoms with Crippen molar-refractivity contribution in [3.63, 3.8) is 0 Å². The molecule has 0 spiro atoms. The highest BCUT2D eigenvalue weighted by Crippen LogP contribution is 2.43. The van der Waals surface area contributed by atoms with Crippen molar-refractivity contribution in [1.29, 1.82) is 5.26 Å². The van der Waals surface area contributed by atoms with Crippen LogP contribution in [0.15, 0.2) is 95.7 Å². The van der Waals surface area contributed by atoms with Crippen molar-refractivity contribution >= 4 is 49.7 Å². The highest BCUT2D eigenvalue weighted by Gasteiger charge is 2.34. The molecule has 15 heteroatoms. The molecule has 3 aromatic carbocycles. The first kappa shape index (κ1) is 42.2. The Morgan fingerprint density at radius 2 is 1.79 bits per heavy atom. The van der Waals surface area contributed by atoms with Crippen molar-refractivity contribution in [2.24, 2.45) is 5.41 Å². The molecule has 5 aromatic rings. The van der Waals surface area contributed by atoms with Crippen LogP contribution in [0.4, 0.5) is 10.1 Å². The van der Waals surface area contributed by atoms with Crippen LogP contribution in [0.1, 0.15) is 67.4 Å². The van der Waals surface area contributed by atoms with Crippen molar-refractivity contribution < 1.29 is 31.8 Å². The number of pyridine rings is 1. The molecule has 2 aromatic heterocycles. The van der Waals surface area contributed by atoms with Crippen LogP contribution >= 0.6 is 11.6 Å². The van der Waals surface area contributed by atoms with Gasteiger partial charge in [0.15, 0.2) is 0 Å². The second kappa shape index (κ2) is 17.5. The molecule has 61 heavy (non-hydrogen) atoms. The van der Waals surface area contributed by atoms with E-state index in [4.69, 9.17) is 25.8 Å². The largest absolute Gasteiger partial charge is 0.473 e. The molecule has 0 radical (unpaired) electrons. The fraction of sp³-hybridized carbons (Fsp3) is 0.370. The number of carbonyl (C=O) groups excluding carboxylic acids is 1. The minimum absolute atomic E-state index is 0.0138. The quantitative estimate of drug-likeness (QED) is 0.125. The van der Waals surface area contributed by atoms with E-state index in [9.17, 15) is 18.5 Å². The van der Waals surface area contributed by atoms with Gasteiger partial charge in [-0.1, -0.05) is 43.2 Å². The Kier molecular flexibility index (Phi) is 12.1. The number of nitrogens with one attached hydrogen (secondary N) is 2. The average Bonchev–Trinajstić information content (AvgIpc) is 3.72. The molecule has 0 unspecified atom stereocenters. The van der Waals surface area contributed by atoms with E-state index in [1.807, 2.05) is 42.6 Å².